The first-order chi connectivity index (χ1) is 8.19. The number of aromatic nitrogens is 2. The summed E-state index contributed by atoms with van der Waals surface area (Å²) in [5.41, 5.74) is 0. The molecule has 0 aromatic carbocycles. The lowest BCUT2D eigenvalue weighted by molar-refractivity contribution is 0.372. The second kappa shape index (κ2) is 7.17. The zero-order valence-corrected chi connectivity index (χ0v) is 11.1. The number of nitrogens with one attached hydrogen (secondary N) is 1. The molecule has 0 spiro atoms. The molecule has 0 amide bonds. The van der Waals surface area contributed by atoms with Gasteiger partial charge in [-0.25, -0.2) is 0 Å². The van der Waals surface area contributed by atoms with E-state index in [0.29, 0.717) is 29.5 Å². The van der Waals surface area contributed by atoms with Gasteiger partial charge in [-0.15, -0.1) is 11.6 Å². The summed E-state index contributed by atoms with van der Waals surface area (Å²) < 4.78 is 10.1. The molecule has 1 unspecified atom stereocenters. The Kier molecular flexibility index (Phi) is 5.83. The second-order valence-corrected chi connectivity index (χ2v) is 4.12. The SMILES string of the molecule is COc1cc(OC)nc(NCC(C)CCCl)n1. The highest BCUT2D eigenvalue weighted by Crippen LogP contribution is 2.17. The number of rotatable bonds is 7. The van der Waals surface area contributed by atoms with E-state index in [2.05, 4.69) is 22.2 Å². The Hall–Kier alpha value is -1.23. The second-order valence-electron chi connectivity index (χ2n) is 3.74. The van der Waals surface area contributed by atoms with Crippen LogP contribution in [0.25, 0.3) is 0 Å². The molecular weight excluding hydrogens is 242 g/mol. The summed E-state index contributed by atoms with van der Waals surface area (Å²) in [6.07, 6.45) is 0.954. The van der Waals surface area contributed by atoms with Crippen molar-refractivity contribution < 1.29 is 9.47 Å². The normalized spacial score (nSPS) is 12.0. The summed E-state index contributed by atoms with van der Waals surface area (Å²) in [6.45, 7) is 2.88. The smallest absolute Gasteiger partial charge is 0.229 e. The van der Waals surface area contributed by atoms with Crippen molar-refractivity contribution in [1.29, 1.82) is 0 Å². The number of hydrogen-bond acceptors (Lipinski definition) is 5. The Morgan fingerprint density at radius 1 is 1.29 bits per heavy atom. The lowest BCUT2D eigenvalue weighted by Crippen LogP contribution is -2.14. The van der Waals surface area contributed by atoms with Gasteiger partial charge < -0.3 is 14.8 Å². The Balaban J connectivity index is 2.63. The number of alkyl halides is 1. The van der Waals surface area contributed by atoms with E-state index in [1.807, 2.05) is 0 Å². The molecule has 1 N–H and O–H groups in total. The molecule has 0 saturated carbocycles. The molecule has 1 aromatic rings. The van der Waals surface area contributed by atoms with Gasteiger partial charge in [0.15, 0.2) is 0 Å². The fourth-order valence-electron chi connectivity index (χ4n) is 1.25. The highest BCUT2D eigenvalue weighted by Gasteiger charge is 2.06. The number of anilines is 1. The largest absolute Gasteiger partial charge is 0.481 e. The van der Waals surface area contributed by atoms with Crippen LogP contribution in [-0.4, -0.2) is 36.6 Å². The van der Waals surface area contributed by atoms with Crippen LogP contribution in [0.15, 0.2) is 6.07 Å². The molecule has 0 fully saturated rings. The van der Waals surface area contributed by atoms with Crippen molar-refractivity contribution in [2.24, 2.45) is 5.92 Å². The molecule has 0 aliphatic rings. The molecule has 1 aromatic heterocycles. The van der Waals surface area contributed by atoms with Crippen LogP contribution in [-0.2, 0) is 0 Å². The summed E-state index contributed by atoms with van der Waals surface area (Å²) in [6, 6.07) is 1.63. The fourth-order valence-corrected chi connectivity index (χ4v) is 1.62. The van der Waals surface area contributed by atoms with E-state index >= 15 is 0 Å². The van der Waals surface area contributed by atoms with Crippen LogP contribution in [0.4, 0.5) is 5.95 Å². The lowest BCUT2D eigenvalue weighted by Gasteiger charge is -2.12. The van der Waals surface area contributed by atoms with Crippen molar-refractivity contribution in [3.05, 3.63) is 6.07 Å². The van der Waals surface area contributed by atoms with Crippen LogP contribution in [0.5, 0.6) is 11.8 Å². The molecule has 1 atom stereocenters. The molecule has 17 heavy (non-hydrogen) atoms. The van der Waals surface area contributed by atoms with Crippen molar-refractivity contribution in [1.82, 2.24) is 9.97 Å². The Labute approximate surface area is 107 Å². The van der Waals surface area contributed by atoms with Crippen LogP contribution in [0.2, 0.25) is 0 Å². The Morgan fingerprint density at radius 3 is 2.35 bits per heavy atom. The van der Waals surface area contributed by atoms with Crippen molar-refractivity contribution in [3.8, 4) is 11.8 Å². The van der Waals surface area contributed by atoms with E-state index in [1.54, 1.807) is 20.3 Å². The van der Waals surface area contributed by atoms with Gasteiger partial charge in [-0.1, -0.05) is 6.92 Å². The van der Waals surface area contributed by atoms with E-state index in [9.17, 15) is 0 Å². The standard InChI is InChI=1S/C11H18ClN3O2/c1-8(4-5-12)7-13-11-14-9(16-2)6-10(15-11)17-3/h6,8H,4-5,7H2,1-3H3,(H,13,14,15). The molecule has 0 aliphatic carbocycles. The van der Waals surface area contributed by atoms with Gasteiger partial charge in [0.2, 0.25) is 17.7 Å². The van der Waals surface area contributed by atoms with Crippen molar-refractivity contribution in [2.45, 2.75) is 13.3 Å². The third-order valence-corrected chi connectivity index (χ3v) is 2.53. The van der Waals surface area contributed by atoms with Gasteiger partial charge in [-0.05, 0) is 12.3 Å². The van der Waals surface area contributed by atoms with Crippen LogP contribution in [0, 0.1) is 5.92 Å². The van der Waals surface area contributed by atoms with E-state index in [-0.39, 0.29) is 0 Å². The van der Waals surface area contributed by atoms with Gasteiger partial charge in [0.05, 0.1) is 20.3 Å². The summed E-state index contributed by atoms with van der Waals surface area (Å²) in [5, 5.41) is 3.14. The summed E-state index contributed by atoms with van der Waals surface area (Å²) in [5.74, 6) is 2.58. The number of nitrogens with zero attached hydrogens (tertiary/aromatic N) is 2. The van der Waals surface area contributed by atoms with Gasteiger partial charge in [0.25, 0.3) is 0 Å². The average molecular weight is 260 g/mol. The number of ether oxygens (including phenoxy) is 2. The monoisotopic (exact) mass is 259 g/mol. The lowest BCUT2D eigenvalue weighted by atomic mass is 10.1. The van der Waals surface area contributed by atoms with E-state index in [1.165, 1.54) is 0 Å². The van der Waals surface area contributed by atoms with Gasteiger partial charge in [-0.3, -0.25) is 0 Å². The highest BCUT2D eigenvalue weighted by atomic mass is 35.5. The molecule has 1 heterocycles. The first kappa shape index (κ1) is 13.8. The minimum absolute atomic E-state index is 0.466. The van der Waals surface area contributed by atoms with Crippen LogP contribution >= 0.6 is 11.6 Å². The predicted molar refractivity (Wildman–Crippen MR) is 68.1 cm³/mol. The van der Waals surface area contributed by atoms with Gasteiger partial charge in [0.1, 0.15) is 0 Å². The average Bonchev–Trinajstić information content (AvgIpc) is 2.36. The highest BCUT2D eigenvalue weighted by molar-refractivity contribution is 6.17. The Bertz CT molecular complexity index is 327. The number of methoxy groups -OCH3 is 2. The number of halogens is 1. The van der Waals surface area contributed by atoms with Gasteiger partial charge in [0, 0.05) is 12.4 Å². The van der Waals surface area contributed by atoms with E-state index < -0.39 is 0 Å². The molecule has 0 saturated heterocycles. The first-order valence-electron chi connectivity index (χ1n) is 5.46. The third-order valence-electron chi connectivity index (χ3n) is 2.31. The van der Waals surface area contributed by atoms with Gasteiger partial charge >= 0.3 is 0 Å². The summed E-state index contributed by atoms with van der Waals surface area (Å²) in [7, 11) is 3.11. The third kappa shape index (κ3) is 4.65. The quantitative estimate of drug-likeness (QED) is 0.761. The molecule has 0 aliphatic heterocycles. The van der Waals surface area contributed by atoms with Crippen molar-refractivity contribution in [3.63, 3.8) is 0 Å². The summed E-state index contributed by atoms with van der Waals surface area (Å²) >= 11 is 5.67. The molecule has 6 heteroatoms. The fraction of sp³-hybridized carbons (Fsp3) is 0.636. The molecule has 0 radical (unpaired) electrons. The van der Waals surface area contributed by atoms with E-state index in [4.69, 9.17) is 21.1 Å². The van der Waals surface area contributed by atoms with Gasteiger partial charge in [-0.2, -0.15) is 9.97 Å². The predicted octanol–water partition coefficient (Wildman–Crippen LogP) is 2.17. The maximum Gasteiger partial charge on any atom is 0.229 e. The topological polar surface area (TPSA) is 56.3 Å². The van der Waals surface area contributed by atoms with Crippen LogP contribution in [0.1, 0.15) is 13.3 Å². The van der Waals surface area contributed by atoms with Crippen molar-refractivity contribution >= 4 is 17.5 Å². The maximum atomic E-state index is 5.67. The zero-order chi connectivity index (χ0) is 12.7. The molecule has 1 rings (SSSR count). The Morgan fingerprint density at radius 2 is 1.88 bits per heavy atom. The zero-order valence-electron chi connectivity index (χ0n) is 10.4. The molecule has 0 bridgehead atoms. The number of hydrogen-bond donors (Lipinski definition) is 1. The van der Waals surface area contributed by atoms with Crippen molar-refractivity contribution in [2.75, 3.05) is 32.0 Å². The minimum Gasteiger partial charge on any atom is -0.481 e. The van der Waals surface area contributed by atoms with Crippen LogP contribution in [0.3, 0.4) is 0 Å². The molecule has 5 nitrogen and oxygen atoms in total. The maximum absolute atomic E-state index is 5.67. The minimum atomic E-state index is 0.466. The van der Waals surface area contributed by atoms with E-state index in [0.717, 1.165) is 13.0 Å². The molecular formula is C11H18ClN3O2. The summed E-state index contributed by atoms with van der Waals surface area (Å²) in [4.78, 5) is 8.35. The molecule has 96 valence electrons. The van der Waals surface area contributed by atoms with Crippen LogP contribution < -0.4 is 14.8 Å². The first-order valence-corrected chi connectivity index (χ1v) is 6.00.